The zero-order valence-electron chi connectivity index (χ0n) is 11.2. The van der Waals surface area contributed by atoms with Crippen molar-refractivity contribution in [3.05, 3.63) is 41.8 Å². The van der Waals surface area contributed by atoms with Gasteiger partial charge in [-0.05, 0) is 25.1 Å². The van der Waals surface area contributed by atoms with Crippen molar-refractivity contribution in [1.29, 1.82) is 0 Å². The Bertz CT molecular complexity index is 625. The summed E-state index contributed by atoms with van der Waals surface area (Å²) in [7, 11) is 0. The minimum absolute atomic E-state index is 0. The second-order valence-electron chi connectivity index (χ2n) is 4.80. The van der Waals surface area contributed by atoms with E-state index in [4.69, 9.17) is 0 Å². The summed E-state index contributed by atoms with van der Waals surface area (Å²) in [5.74, 6) is -0.612. The van der Waals surface area contributed by atoms with E-state index in [-0.39, 0.29) is 30.2 Å². The Balaban J connectivity index is 0.00000161. The fourth-order valence-electron chi connectivity index (χ4n) is 2.37. The fraction of sp³-hybridized carbons (Fsp3) is 0.286. The summed E-state index contributed by atoms with van der Waals surface area (Å²) in [5.41, 5.74) is 1.12. The van der Waals surface area contributed by atoms with E-state index in [1.54, 1.807) is 18.2 Å². The average molecular weight is 311 g/mol. The molecule has 112 valence electrons. The SMILES string of the molecule is Cl.O=C(NC1CCNC1)c1cn[nH]c1-c1ccccc1F. The molecule has 1 atom stereocenters. The van der Waals surface area contributed by atoms with Gasteiger partial charge in [-0.1, -0.05) is 12.1 Å². The van der Waals surface area contributed by atoms with Crippen LogP contribution in [0.5, 0.6) is 0 Å². The van der Waals surface area contributed by atoms with Crippen LogP contribution in [0.3, 0.4) is 0 Å². The molecule has 0 saturated carbocycles. The lowest BCUT2D eigenvalue weighted by Gasteiger charge is -2.11. The highest BCUT2D eigenvalue weighted by Crippen LogP contribution is 2.23. The summed E-state index contributed by atoms with van der Waals surface area (Å²) >= 11 is 0. The van der Waals surface area contributed by atoms with Crippen LogP contribution in [-0.2, 0) is 0 Å². The lowest BCUT2D eigenvalue weighted by atomic mass is 10.1. The number of nitrogens with zero attached hydrogens (tertiary/aromatic N) is 1. The van der Waals surface area contributed by atoms with Gasteiger partial charge in [0, 0.05) is 18.2 Å². The number of carbonyl (C=O) groups excluding carboxylic acids is 1. The van der Waals surface area contributed by atoms with Gasteiger partial charge in [0.1, 0.15) is 5.82 Å². The summed E-state index contributed by atoms with van der Waals surface area (Å²) < 4.78 is 13.8. The van der Waals surface area contributed by atoms with Crippen molar-refractivity contribution in [2.45, 2.75) is 12.5 Å². The maximum absolute atomic E-state index is 13.8. The number of amides is 1. The molecule has 1 unspecified atom stereocenters. The molecular weight excluding hydrogens is 295 g/mol. The zero-order chi connectivity index (χ0) is 13.9. The first kappa shape index (κ1) is 15.5. The van der Waals surface area contributed by atoms with Crippen LogP contribution in [0.4, 0.5) is 4.39 Å². The molecule has 1 aliphatic heterocycles. The van der Waals surface area contributed by atoms with Crippen LogP contribution >= 0.6 is 12.4 Å². The zero-order valence-corrected chi connectivity index (χ0v) is 12.0. The molecule has 21 heavy (non-hydrogen) atoms. The molecule has 0 radical (unpaired) electrons. The van der Waals surface area contributed by atoms with Crippen LogP contribution in [0.25, 0.3) is 11.3 Å². The summed E-state index contributed by atoms with van der Waals surface area (Å²) in [5, 5.41) is 12.7. The van der Waals surface area contributed by atoms with Crippen molar-refractivity contribution < 1.29 is 9.18 Å². The minimum Gasteiger partial charge on any atom is -0.348 e. The van der Waals surface area contributed by atoms with Crippen LogP contribution in [-0.4, -0.2) is 35.2 Å². The number of carbonyl (C=O) groups is 1. The van der Waals surface area contributed by atoms with E-state index in [0.29, 0.717) is 16.8 Å². The van der Waals surface area contributed by atoms with Crippen LogP contribution in [0, 0.1) is 5.82 Å². The Morgan fingerprint density at radius 3 is 2.90 bits per heavy atom. The molecule has 2 heterocycles. The number of hydrogen-bond donors (Lipinski definition) is 3. The lowest BCUT2D eigenvalue weighted by Crippen LogP contribution is -2.36. The molecule has 1 aliphatic rings. The van der Waals surface area contributed by atoms with Gasteiger partial charge in [0.2, 0.25) is 0 Å². The Morgan fingerprint density at radius 1 is 1.38 bits per heavy atom. The number of rotatable bonds is 3. The largest absolute Gasteiger partial charge is 0.348 e. The Morgan fingerprint density at radius 2 is 2.19 bits per heavy atom. The van der Waals surface area contributed by atoms with E-state index in [1.807, 2.05) is 0 Å². The lowest BCUT2D eigenvalue weighted by molar-refractivity contribution is 0.0941. The van der Waals surface area contributed by atoms with Crippen molar-refractivity contribution in [3.8, 4) is 11.3 Å². The molecule has 0 spiro atoms. The van der Waals surface area contributed by atoms with Gasteiger partial charge in [-0.2, -0.15) is 5.10 Å². The third-order valence-electron chi connectivity index (χ3n) is 3.42. The highest BCUT2D eigenvalue weighted by Gasteiger charge is 2.21. The number of hydrogen-bond acceptors (Lipinski definition) is 3. The number of aromatic nitrogens is 2. The quantitative estimate of drug-likeness (QED) is 0.808. The number of nitrogens with one attached hydrogen (secondary N) is 3. The van der Waals surface area contributed by atoms with Crippen molar-refractivity contribution in [1.82, 2.24) is 20.8 Å². The second-order valence-corrected chi connectivity index (χ2v) is 4.80. The Labute approximate surface area is 127 Å². The molecule has 1 amide bonds. The molecule has 3 N–H and O–H groups in total. The molecule has 1 aromatic carbocycles. The van der Waals surface area contributed by atoms with E-state index in [1.165, 1.54) is 12.3 Å². The van der Waals surface area contributed by atoms with Crippen molar-refractivity contribution in [2.75, 3.05) is 13.1 Å². The van der Waals surface area contributed by atoms with Crippen molar-refractivity contribution >= 4 is 18.3 Å². The van der Waals surface area contributed by atoms with Gasteiger partial charge in [0.25, 0.3) is 5.91 Å². The molecule has 0 aliphatic carbocycles. The third kappa shape index (κ3) is 3.22. The second kappa shape index (κ2) is 6.69. The van der Waals surface area contributed by atoms with Gasteiger partial charge < -0.3 is 10.6 Å². The molecule has 1 fully saturated rings. The number of H-pyrrole nitrogens is 1. The van der Waals surface area contributed by atoms with E-state index in [9.17, 15) is 9.18 Å². The molecule has 7 heteroatoms. The standard InChI is InChI=1S/C14H15FN4O.ClH/c15-12-4-2-1-3-10(12)13-11(8-17-19-13)14(20)18-9-5-6-16-7-9;/h1-4,8-9,16H,5-7H2,(H,17,19)(H,18,20);1H. The monoisotopic (exact) mass is 310 g/mol. The summed E-state index contributed by atoms with van der Waals surface area (Å²) in [6.07, 6.45) is 2.33. The van der Waals surface area contributed by atoms with Gasteiger partial charge in [-0.3, -0.25) is 9.89 Å². The molecule has 5 nitrogen and oxygen atoms in total. The van der Waals surface area contributed by atoms with Gasteiger partial charge in [0.05, 0.1) is 17.5 Å². The molecule has 2 aromatic rings. The van der Waals surface area contributed by atoms with E-state index >= 15 is 0 Å². The van der Waals surface area contributed by atoms with Crippen LogP contribution in [0.2, 0.25) is 0 Å². The topological polar surface area (TPSA) is 69.8 Å². The molecule has 0 bridgehead atoms. The number of benzene rings is 1. The van der Waals surface area contributed by atoms with Crippen molar-refractivity contribution in [2.24, 2.45) is 0 Å². The normalized spacial score (nSPS) is 17.3. The molecule has 1 aromatic heterocycles. The first-order valence-electron chi connectivity index (χ1n) is 6.55. The average Bonchev–Trinajstić information content (AvgIpc) is 3.09. The van der Waals surface area contributed by atoms with E-state index < -0.39 is 0 Å². The van der Waals surface area contributed by atoms with Crippen molar-refractivity contribution in [3.63, 3.8) is 0 Å². The molecular formula is C14H16ClFN4O. The first-order valence-corrected chi connectivity index (χ1v) is 6.55. The third-order valence-corrected chi connectivity index (χ3v) is 3.42. The number of aromatic amines is 1. The summed E-state index contributed by atoms with van der Waals surface area (Å²) in [6.45, 7) is 1.66. The van der Waals surface area contributed by atoms with E-state index in [0.717, 1.165) is 19.5 Å². The number of halogens is 2. The molecule has 3 rings (SSSR count). The summed E-state index contributed by atoms with van der Waals surface area (Å²) in [6, 6.07) is 6.43. The predicted octanol–water partition coefficient (Wildman–Crippen LogP) is 1.73. The van der Waals surface area contributed by atoms with Gasteiger partial charge in [-0.25, -0.2) is 4.39 Å². The highest BCUT2D eigenvalue weighted by atomic mass is 35.5. The maximum atomic E-state index is 13.8. The van der Waals surface area contributed by atoms with Gasteiger partial charge in [0.15, 0.2) is 0 Å². The Hall–Kier alpha value is -1.92. The molecule has 1 saturated heterocycles. The van der Waals surface area contributed by atoms with Crippen LogP contribution < -0.4 is 10.6 Å². The van der Waals surface area contributed by atoms with E-state index in [2.05, 4.69) is 20.8 Å². The fourth-order valence-corrected chi connectivity index (χ4v) is 2.37. The first-order chi connectivity index (χ1) is 9.75. The predicted molar refractivity (Wildman–Crippen MR) is 80.0 cm³/mol. The van der Waals surface area contributed by atoms with Gasteiger partial charge in [-0.15, -0.1) is 12.4 Å². The minimum atomic E-state index is -0.381. The summed E-state index contributed by atoms with van der Waals surface area (Å²) in [4.78, 5) is 12.2. The smallest absolute Gasteiger partial charge is 0.255 e. The van der Waals surface area contributed by atoms with Crippen LogP contribution in [0.1, 0.15) is 16.8 Å². The maximum Gasteiger partial charge on any atom is 0.255 e. The highest BCUT2D eigenvalue weighted by molar-refractivity contribution is 5.99. The Kier molecular flexibility index (Phi) is 4.93. The van der Waals surface area contributed by atoms with Gasteiger partial charge >= 0.3 is 0 Å². The van der Waals surface area contributed by atoms with Crippen LogP contribution in [0.15, 0.2) is 30.5 Å².